The molecule has 3 rings (SSSR count). The van der Waals surface area contributed by atoms with Gasteiger partial charge in [0.2, 0.25) is 11.8 Å². The molecule has 41 heavy (non-hydrogen) atoms. The van der Waals surface area contributed by atoms with E-state index < -0.39 is 28.5 Å². The fourth-order valence-corrected chi connectivity index (χ4v) is 5.88. The molecule has 0 bridgehead atoms. The number of amides is 2. The zero-order valence-corrected chi connectivity index (χ0v) is 26.1. The third-order valence-corrected chi connectivity index (χ3v) is 8.95. The second-order valence-electron chi connectivity index (χ2n) is 9.79. The van der Waals surface area contributed by atoms with Gasteiger partial charge >= 0.3 is 0 Å². The Morgan fingerprint density at radius 3 is 2.24 bits per heavy atom. The number of aryl methyl sites for hydroxylation is 1. The lowest BCUT2D eigenvalue weighted by Crippen LogP contribution is -2.52. The smallest absolute Gasteiger partial charge is 0.264 e. The van der Waals surface area contributed by atoms with E-state index in [0.29, 0.717) is 17.0 Å². The first-order chi connectivity index (χ1) is 19.4. The molecule has 220 valence electrons. The molecule has 8 nitrogen and oxygen atoms in total. The first-order valence-corrected chi connectivity index (χ1v) is 15.3. The van der Waals surface area contributed by atoms with E-state index in [9.17, 15) is 18.0 Å². The number of methoxy groups -OCH3 is 1. The molecular formula is C30H35Cl2N3O5S. The minimum atomic E-state index is -4.27. The lowest BCUT2D eigenvalue weighted by Gasteiger charge is -2.33. The van der Waals surface area contributed by atoms with Crippen LogP contribution in [0.1, 0.15) is 38.3 Å². The second kappa shape index (κ2) is 14.1. The van der Waals surface area contributed by atoms with Crippen molar-refractivity contribution in [2.45, 2.75) is 57.6 Å². The Morgan fingerprint density at radius 2 is 1.63 bits per heavy atom. The summed E-state index contributed by atoms with van der Waals surface area (Å²) >= 11 is 12.5. The molecule has 0 aromatic heterocycles. The Morgan fingerprint density at radius 1 is 0.976 bits per heavy atom. The van der Waals surface area contributed by atoms with Gasteiger partial charge in [-0.25, -0.2) is 8.42 Å². The van der Waals surface area contributed by atoms with E-state index in [2.05, 4.69) is 5.32 Å². The molecule has 0 aliphatic heterocycles. The quantitative estimate of drug-likeness (QED) is 0.275. The van der Waals surface area contributed by atoms with E-state index in [0.717, 1.165) is 9.87 Å². The average molecular weight is 621 g/mol. The van der Waals surface area contributed by atoms with Crippen LogP contribution in [0, 0.1) is 6.92 Å². The first-order valence-electron chi connectivity index (χ1n) is 13.1. The molecule has 11 heteroatoms. The van der Waals surface area contributed by atoms with Crippen LogP contribution in [0.5, 0.6) is 5.75 Å². The summed E-state index contributed by atoms with van der Waals surface area (Å²) in [4.78, 5) is 28.6. The molecule has 0 fully saturated rings. The molecule has 0 radical (unpaired) electrons. The predicted molar refractivity (Wildman–Crippen MR) is 163 cm³/mol. The van der Waals surface area contributed by atoms with Crippen LogP contribution in [0.25, 0.3) is 0 Å². The molecule has 3 aromatic rings. The van der Waals surface area contributed by atoms with Gasteiger partial charge in [-0.1, -0.05) is 60.0 Å². The van der Waals surface area contributed by atoms with Gasteiger partial charge in [0.05, 0.1) is 17.7 Å². The maximum atomic E-state index is 14.1. The number of hydrogen-bond acceptors (Lipinski definition) is 5. The molecule has 1 N–H and O–H groups in total. The molecule has 2 amide bonds. The van der Waals surface area contributed by atoms with Gasteiger partial charge in [0.1, 0.15) is 18.3 Å². The Kier molecular flexibility index (Phi) is 11.1. The van der Waals surface area contributed by atoms with Crippen molar-refractivity contribution in [2.24, 2.45) is 0 Å². The molecule has 0 spiro atoms. The maximum absolute atomic E-state index is 14.1. The number of nitrogens with one attached hydrogen (secondary N) is 1. The summed E-state index contributed by atoms with van der Waals surface area (Å²) in [5.74, 6) is -0.751. The molecule has 0 saturated heterocycles. The number of sulfonamides is 1. The molecule has 0 aliphatic rings. The summed E-state index contributed by atoms with van der Waals surface area (Å²) in [5.41, 5.74) is 1.65. The molecule has 2 atom stereocenters. The second-order valence-corrected chi connectivity index (χ2v) is 12.5. The standard InChI is InChI=1S/C30H35Cl2N3O5S/c1-6-21(3)33-30(37)22(4)34(18-23-8-7-9-24(31)16-23)29(36)19-35(27-17-25(32)12-15-28(27)40-5)41(38,39)26-13-10-20(2)11-14-26/h7-17,21-22H,6,18-19H2,1-5H3,(H,33,37)/t21-,22-/m1/s1. The van der Waals surface area contributed by atoms with Crippen LogP contribution in [0.15, 0.2) is 71.6 Å². The summed E-state index contributed by atoms with van der Waals surface area (Å²) in [7, 11) is -2.87. The molecular weight excluding hydrogens is 585 g/mol. The number of anilines is 1. The number of halogens is 2. The fraction of sp³-hybridized carbons (Fsp3) is 0.333. The number of ether oxygens (including phenoxy) is 1. The lowest BCUT2D eigenvalue weighted by molar-refractivity contribution is -0.139. The van der Waals surface area contributed by atoms with Gasteiger partial charge in [0.15, 0.2) is 0 Å². The van der Waals surface area contributed by atoms with E-state index >= 15 is 0 Å². The maximum Gasteiger partial charge on any atom is 0.264 e. The average Bonchev–Trinajstić information content (AvgIpc) is 2.94. The van der Waals surface area contributed by atoms with Gasteiger partial charge in [-0.3, -0.25) is 13.9 Å². The van der Waals surface area contributed by atoms with Gasteiger partial charge in [0.25, 0.3) is 10.0 Å². The number of nitrogens with zero attached hydrogens (tertiary/aromatic N) is 2. The van der Waals surface area contributed by atoms with Crippen LogP contribution >= 0.6 is 23.2 Å². The highest BCUT2D eigenvalue weighted by Gasteiger charge is 2.34. The van der Waals surface area contributed by atoms with E-state index in [4.69, 9.17) is 27.9 Å². The Balaban J connectivity index is 2.10. The van der Waals surface area contributed by atoms with Crippen molar-refractivity contribution in [2.75, 3.05) is 18.0 Å². The van der Waals surface area contributed by atoms with Crippen molar-refractivity contribution in [1.29, 1.82) is 0 Å². The van der Waals surface area contributed by atoms with Crippen molar-refractivity contribution in [3.8, 4) is 5.75 Å². The summed E-state index contributed by atoms with van der Waals surface area (Å²) < 4.78 is 34.5. The van der Waals surface area contributed by atoms with E-state index in [1.54, 1.807) is 49.4 Å². The van der Waals surface area contributed by atoms with Crippen molar-refractivity contribution >= 4 is 50.7 Å². The summed E-state index contributed by atoms with van der Waals surface area (Å²) in [5, 5.41) is 3.64. The van der Waals surface area contributed by atoms with Gasteiger partial charge < -0.3 is 15.0 Å². The lowest BCUT2D eigenvalue weighted by atomic mass is 10.1. The van der Waals surface area contributed by atoms with Crippen molar-refractivity contribution in [1.82, 2.24) is 10.2 Å². The van der Waals surface area contributed by atoms with Gasteiger partial charge in [-0.2, -0.15) is 0 Å². The highest BCUT2D eigenvalue weighted by molar-refractivity contribution is 7.92. The Labute approximate surface area is 252 Å². The van der Waals surface area contributed by atoms with Crippen LogP contribution in [-0.4, -0.2) is 50.9 Å². The van der Waals surface area contributed by atoms with E-state index in [1.165, 1.54) is 36.3 Å². The zero-order chi connectivity index (χ0) is 30.3. The van der Waals surface area contributed by atoms with Gasteiger partial charge in [-0.15, -0.1) is 0 Å². The fourth-order valence-electron chi connectivity index (χ4n) is 4.09. The van der Waals surface area contributed by atoms with Crippen molar-refractivity contribution < 1.29 is 22.7 Å². The van der Waals surface area contributed by atoms with Crippen LogP contribution in [0.4, 0.5) is 5.69 Å². The number of benzene rings is 3. The number of rotatable bonds is 12. The Bertz CT molecular complexity index is 1480. The van der Waals surface area contributed by atoms with Crippen LogP contribution < -0.4 is 14.4 Å². The monoisotopic (exact) mass is 619 g/mol. The van der Waals surface area contributed by atoms with Gasteiger partial charge in [-0.05, 0) is 75.2 Å². The van der Waals surface area contributed by atoms with Crippen LogP contribution in [0.2, 0.25) is 10.0 Å². The number of carbonyl (C=O) groups excluding carboxylic acids is 2. The van der Waals surface area contributed by atoms with Gasteiger partial charge in [0, 0.05) is 22.6 Å². The zero-order valence-electron chi connectivity index (χ0n) is 23.7. The number of hydrogen-bond donors (Lipinski definition) is 1. The normalized spacial score (nSPS) is 12.8. The molecule has 0 aliphatic carbocycles. The van der Waals surface area contributed by atoms with E-state index in [-0.39, 0.29) is 39.8 Å². The summed E-state index contributed by atoms with van der Waals surface area (Å²) in [6, 6.07) is 16.7. The third-order valence-electron chi connectivity index (χ3n) is 6.71. The van der Waals surface area contributed by atoms with E-state index in [1.807, 2.05) is 20.8 Å². The molecule has 3 aromatic carbocycles. The molecule has 0 heterocycles. The summed E-state index contributed by atoms with van der Waals surface area (Å²) in [6.07, 6.45) is 0.706. The topological polar surface area (TPSA) is 96.0 Å². The summed E-state index contributed by atoms with van der Waals surface area (Å²) in [6.45, 7) is 6.68. The minimum Gasteiger partial charge on any atom is -0.495 e. The predicted octanol–water partition coefficient (Wildman–Crippen LogP) is 5.84. The largest absolute Gasteiger partial charge is 0.495 e. The highest BCUT2D eigenvalue weighted by atomic mass is 35.5. The Hall–Kier alpha value is -3.27. The highest BCUT2D eigenvalue weighted by Crippen LogP contribution is 2.35. The van der Waals surface area contributed by atoms with Crippen molar-refractivity contribution in [3.05, 3.63) is 87.9 Å². The first kappa shape index (κ1) is 32.2. The number of carbonyl (C=O) groups is 2. The SMILES string of the molecule is CC[C@@H](C)NC(=O)[C@@H](C)N(Cc1cccc(Cl)c1)C(=O)CN(c1cc(Cl)ccc1OC)S(=O)(=O)c1ccc(C)cc1. The third kappa shape index (κ3) is 8.15. The molecule has 0 unspecified atom stereocenters. The van der Waals surface area contributed by atoms with Crippen LogP contribution in [0.3, 0.4) is 0 Å². The molecule has 0 saturated carbocycles. The minimum absolute atomic E-state index is 0.0121. The van der Waals surface area contributed by atoms with Crippen LogP contribution in [-0.2, 0) is 26.2 Å². The van der Waals surface area contributed by atoms with Crippen molar-refractivity contribution in [3.63, 3.8) is 0 Å².